The van der Waals surface area contributed by atoms with Gasteiger partial charge in [-0.2, -0.15) is 4.79 Å². The lowest BCUT2D eigenvalue weighted by atomic mass is 10.0. The Labute approximate surface area is 275 Å². The highest BCUT2D eigenvalue weighted by Gasteiger charge is 2.35. The Morgan fingerprint density at radius 2 is 1.33 bits per heavy atom. The van der Waals surface area contributed by atoms with Crippen LogP contribution in [0.2, 0.25) is 0 Å². The Bertz CT molecular complexity index is 870. The van der Waals surface area contributed by atoms with Crippen molar-refractivity contribution in [3.63, 3.8) is 0 Å². The lowest BCUT2D eigenvalue weighted by molar-refractivity contribution is -0.659. The number of nitrogens with zero attached hydrogens (tertiary/aromatic N) is 2. The smallest absolute Gasteiger partial charge is 0.515 e. The van der Waals surface area contributed by atoms with Crippen LogP contribution in [-0.2, 0) is 26.1 Å². The van der Waals surface area contributed by atoms with Gasteiger partial charge in [0.05, 0.1) is 12.4 Å². The summed E-state index contributed by atoms with van der Waals surface area (Å²) in [6, 6.07) is 0. The Kier molecular flexibility index (Phi) is 25.1. The molecule has 9 nitrogen and oxygen atoms in total. The molecule has 0 aliphatic carbocycles. The summed E-state index contributed by atoms with van der Waals surface area (Å²) in [5.41, 5.74) is 0. The van der Waals surface area contributed by atoms with Gasteiger partial charge in [-0.3, -0.25) is 0 Å². The van der Waals surface area contributed by atoms with Gasteiger partial charge in [0.2, 0.25) is 0 Å². The summed E-state index contributed by atoms with van der Waals surface area (Å²) >= 11 is 1.43. The van der Waals surface area contributed by atoms with Crippen molar-refractivity contribution < 1.29 is 57.1 Å². The molecule has 0 radical (unpaired) electrons. The Morgan fingerprint density at radius 3 is 1.76 bits per heavy atom. The van der Waals surface area contributed by atoms with Gasteiger partial charge in [-0.1, -0.05) is 119 Å². The van der Waals surface area contributed by atoms with Crippen molar-refractivity contribution in [1.82, 2.24) is 5.32 Å². The highest BCUT2D eigenvalue weighted by molar-refractivity contribution is 7.09. The average Bonchev–Trinajstić information content (AvgIpc) is 3.27. The summed E-state index contributed by atoms with van der Waals surface area (Å²) in [6.45, 7) is 5.80. The number of hydrogen-bond donors (Lipinski definition) is 1. The SMILES string of the molecule is CCCCCCCCCCCCCCCCCCNC(=O)OCC(COC(=O)N(C(C)=O)c1csc(C)[n+]1C)OC.[I-]. The van der Waals surface area contributed by atoms with Gasteiger partial charge < -0.3 is 43.5 Å². The molecule has 1 aromatic rings. The van der Waals surface area contributed by atoms with Crippen molar-refractivity contribution in [3.8, 4) is 0 Å². The summed E-state index contributed by atoms with van der Waals surface area (Å²) < 4.78 is 17.5. The van der Waals surface area contributed by atoms with Crippen LogP contribution < -0.4 is 38.8 Å². The Morgan fingerprint density at radius 1 is 0.857 bits per heavy atom. The second-order valence-corrected chi connectivity index (χ2v) is 11.9. The molecule has 1 aromatic heterocycles. The van der Waals surface area contributed by atoms with E-state index in [1.165, 1.54) is 115 Å². The number of halogens is 1. The van der Waals surface area contributed by atoms with Gasteiger partial charge in [0, 0.05) is 27.5 Å². The summed E-state index contributed by atoms with van der Waals surface area (Å²) in [5.74, 6) is -0.0224. The number of alkyl carbamates (subject to hydrolysis) is 1. The average molecular weight is 726 g/mol. The highest BCUT2D eigenvalue weighted by Crippen LogP contribution is 2.17. The van der Waals surface area contributed by atoms with Crippen LogP contribution in [0, 0.1) is 6.92 Å². The quantitative estimate of drug-likeness (QED) is 0.102. The minimum absolute atomic E-state index is 0. The minimum Gasteiger partial charge on any atom is -1.00 e. The maximum atomic E-state index is 12.6. The first-order valence-corrected chi connectivity index (χ1v) is 16.5. The third-order valence-electron chi connectivity index (χ3n) is 7.30. The first-order valence-electron chi connectivity index (χ1n) is 15.7. The van der Waals surface area contributed by atoms with Crippen LogP contribution in [0.1, 0.15) is 122 Å². The molecule has 0 spiro atoms. The molecule has 1 N–H and O–H groups in total. The molecule has 1 heterocycles. The van der Waals surface area contributed by atoms with E-state index in [0.29, 0.717) is 12.4 Å². The number of aromatic nitrogens is 1. The largest absolute Gasteiger partial charge is 1.00 e. The normalized spacial score (nSPS) is 11.5. The second kappa shape index (κ2) is 26.0. The van der Waals surface area contributed by atoms with Crippen LogP contribution in [0.15, 0.2) is 5.38 Å². The van der Waals surface area contributed by atoms with Gasteiger partial charge >= 0.3 is 23.9 Å². The van der Waals surface area contributed by atoms with Gasteiger partial charge in [-0.25, -0.2) is 14.2 Å². The number of methoxy groups -OCH3 is 1. The van der Waals surface area contributed by atoms with Crippen LogP contribution in [0.4, 0.5) is 15.4 Å². The Hall–Kier alpha value is -1.47. The van der Waals surface area contributed by atoms with Crippen LogP contribution >= 0.6 is 11.3 Å². The molecule has 0 fully saturated rings. The maximum absolute atomic E-state index is 12.6. The summed E-state index contributed by atoms with van der Waals surface area (Å²) in [7, 11) is 3.22. The monoisotopic (exact) mass is 725 g/mol. The van der Waals surface area contributed by atoms with Crippen molar-refractivity contribution in [3.05, 3.63) is 10.4 Å². The van der Waals surface area contributed by atoms with Gasteiger partial charge in [-0.15, -0.1) is 0 Å². The number of thiazole rings is 1. The molecular formula is C31H56IN3O6S. The van der Waals surface area contributed by atoms with E-state index in [-0.39, 0.29) is 37.2 Å². The van der Waals surface area contributed by atoms with E-state index < -0.39 is 24.2 Å². The van der Waals surface area contributed by atoms with Crippen molar-refractivity contribution in [2.24, 2.45) is 7.05 Å². The zero-order chi connectivity index (χ0) is 30.3. The van der Waals surface area contributed by atoms with Crippen molar-refractivity contribution >= 4 is 35.2 Å². The van der Waals surface area contributed by atoms with Crippen LogP contribution in [0.5, 0.6) is 0 Å². The summed E-state index contributed by atoms with van der Waals surface area (Å²) in [5, 5.41) is 5.42. The van der Waals surface area contributed by atoms with E-state index in [9.17, 15) is 14.4 Å². The van der Waals surface area contributed by atoms with Crippen LogP contribution in [-0.4, -0.2) is 51.1 Å². The molecule has 0 saturated heterocycles. The zero-order valence-electron chi connectivity index (χ0n) is 26.7. The molecule has 0 aliphatic rings. The topological polar surface area (TPSA) is 98.0 Å². The molecule has 11 heteroatoms. The van der Waals surface area contributed by atoms with E-state index in [0.717, 1.165) is 22.7 Å². The standard InChI is InChI=1S/C31H55N3O6S.HI/c1-6-7-8-9-10-11-12-13-14-15-16-17-18-19-20-21-22-32-30(36)39-23-28(38-5)24-40-31(37)34(26(2)35)29-25-41-27(3)33(29)4;/h25,28H,6-24H2,1-5H3;1H. The van der Waals surface area contributed by atoms with E-state index >= 15 is 0 Å². The number of rotatable bonds is 23. The number of nitrogens with one attached hydrogen (secondary N) is 1. The lowest BCUT2D eigenvalue weighted by Gasteiger charge is -2.17. The van der Waals surface area contributed by atoms with Gasteiger partial charge in [0.15, 0.2) is 5.01 Å². The number of ether oxygens (including phenoxy) is 3. The summed E-state index contributed by atoms with van der Waals surface area (Å²) in [6.07, 6.45) is 19.0. The number of imide groups is 1. The van der Waals surface area contributed by atoms with Gasteiger partial charge in [-0.05, 0) is 6.42 Å². The molecule has 0 aliphatic heterocycles. The molecular weight excluding hydrogens is 669 g/mol. The number of anilines is 1. The molecule has 1 atom stereocenters. The third-order valence-corrected chi connectivity index (χ3v) is 8.25. The number of unbranched alkanes of at least 4 members (excludes halogenated alkanes) is 15. The molecule has 0 bridgehead atoms. The summed E-state index contributed by atoms with van der Waals surface area (Å²) in [4.78, 5) is 37.7. The molecule has 1 unspecified atom stereocenters. The number of carbonyl (C=O) groups is 3. The fourth-order valence-corrected chi connectivity index (χ4v) is 5.33. The first kappa shape index (κ1) is 40.5. The molecule has 0 saturated carbocycles. The second-order valence-electron chi connectivity index (χ2n) is 10.8. The van der Waals surface area contributed by atoms with Crippen molar-refractivity contribution in [1.29, 1.82) is 0 Å². The van der Waals surface area contributed by atoms with Gasteiger partial charge in [0.1, 0.15) is 19.3 Å². The Balaban J connectivity index is 0.0000168. The molecule has 42 heavy (non-hydrogen) atoms. The molecule has 0 aromatic carbocycles. The van der Waals surface area contributed by atoms with Crippen LogP contribution in [0.3, 0.4) is 0 Å². The minimum atomic E-state index is -0.805. The molecule has 1 rings (SSSR count). The fraction of sp³-hybridized carbons (Fsp3) is 0.806. The predicted molar refractivity (Wildman–Crippen MR) is 164 cm³/mol. The van der Waals surface area contributed by atoms with Crippen molar-refractivity contribution in [2.75, 3.05) is 31.8 Å². The zero-order valence-corrected chi connectivity index (χ0v) is 29.7. The maximum Gasteiger partial charge on any atom is 0.515 e. The number of hydrogen-bond acceptors (Lipinski definition) is 7. The predicted octanol–water partition coefficient (Wildman–Crippen LogP) is 4.38. The van der Waals surface area contributed by atoms with E-state index in [1.54, 1.807) is 17.0 Å². The van der Waals surface area contributed by atoms with Gasteiger partial charge in [0.25, 0.3) is 0 Å². The number of carbonyl (C=O) groups excluding carboxylic acids is 3. The molecule has 244 valence electrons. The first-order chi connectivity index (χ1) is 19.8. The fourth-order valence-electron chi connectivity index (χ4n) is 4.54. The number of amides is 3. The van der Waals surface area contributed by atoms with Crippen LogP contribution in [0.25, 0.3) is 0 Å². The third kappa shape index (κ3) is 18.3. The van der Waals surface area contributed by atoms with E-state index in [2.05, 4.69) is 12.2 Å². The van der Waals surface area contributed by atoms with E-state index in [4.69, 9.17) is 14.2 Å². The lowest BCUT2D eigenvalue weighted by Crippen LogP contribution is -3.00. The number of aryl methyl sites for hydroxylation is 1. The van der Waals surface area contributed by atoms with Crippen molar-refractivity contribution in [2.45, 2.75) is 130 Å². The molecule has 3 amide bonds. The van der Waals surface area contributed by atoms with E-state index in [1.807, 2.05) is 6.92 Å². The highest BCUT2D eigenvalue weighted by atomic mass is 127.